The summed E-state index contributed by atoms with van der Waals surface area (Å²) in [6.45, 7) is 4.08. The highest BCUT2D eigenvalue weighted by Gasteiger charge is 2.10. The molecule has 0 radical (unpaired) electrons. The quantitative estimate of drug-likeness (QED) is 0.654. The summed E-state index contributed by atoms with van der Waals surface area (Å²) in [6.07, 6.45) is 0.150. The third-order valence-corrected chi connectivity index (χ3v) is 4.19. The van der Waals surface area contributed by atoms with Gasteiger partial charge in [0.05, 0.1) is 13.2 Å². The molecule has 0 bridgehead atoms. The molecule has 1 amide bonds. The van der Waals surface area contributed by atoms with Crippen molar-refractivity contribution in [2.75, 3.05) is 37.7 Å². The molecule has 2 aromatic rings. The lowest BCUT2D eigenvalue weighted by molar-refractivity contribution is 0.122. The topological polar surface area (TPSA) is 50.8 Å². The minimum Gasteiger partial charge on any atom is -0.445 e. The minimum atomic E-state index is -0.421. The molecule has 1 saturated heterocycles. The Labute approximate surface area is 160 Å². The third-order valence-electron chi connectivity index (χ3n) is 4.19. The standard InChI is InChI=1S/C22H24N2O3/c25-22(27-18-20-8-2-1-3-9-20)23-12-5-4-7-19-10-6-11-21(17-19)24-13-15-26-16-14-24/h1-3,6,8-11,17H,5,12-16,18H2,(H,23,25). The predicted molar refractivity (Wildman–Crippen MR) is 106 cm³/mol. The number of carbonyl (C=O) groups is 1. The number of amides is 1. The number of anilines is 1. The maximum atomic E-state index is 11.7. The molecule has 0 unspecified atom stereocenters. The molecular weight excluding hydrogens is 340 g/mol. The average Bonchev–Trinajstić information content (AvgIpc) is 2.74. The molecular formula is C22H24N2O3. The molecule has 0 spiro atoms. The second kappa shape index (κ2) is 10.2. The zero-order valence-corrected chi connectivity index (χ0v) is 15.3. The van der Waals surface area contributed by atoms with Crippen LogP contribution >= 0.6 is 0 Å². The molecule has 1 aliphatic heterocycles. The summed E-state index contributed by atoms with van der Waals surface area (Å²) in [6, 6.07) is 17.8. The van der Waals surface area contributed by atoms with Gasteiger partial charge in [-0.1, -0.05) is 48.2 Å². The van der Waals surface area contributed by atoms with Gasteiger partial charge in [-0.15, -0.1) is 0 Å². The van der Waals surface area contributed by atoms with E-state index < -0.39 is 6.09 Å². The summed E-state index contributed by atoms with van der Waals surface area (Å²) in [5.74, 6) is 6.25. The largest absolute Gasteiger partial charge is 0.445 e. The van der Waals surface area contributed by atoms with E-state index in [-0.39, 0.29) is 6.61 Å². The van der Waals surface area contributed by atoms with Gasteiger partial charge in [-0.3, -0.25) is 0 Å². The number of nitrogens with zero attached hydrogens (tertiary/aromatic N) is 1. The Morgan fingerprint density at radius 2 is 1.93 bits per heavy atom. The first kappa shape index (κ1) is 18.8. The second-order valence-electron chi connectivity index (χ2n) is 6.19. The highest BCUT2D eigenvalue weighted by Crippen LogP contribution is 2.17. The Balaban J connectivity index is 1.39. The molecule has 0 saturated carbocycles. The molecule has 27 heavy (non-hydrogen) atoms. The highest BCUT2D eigenvalue weighted by atomic mass is 16.5. The SMILES string of the molecule is O=C(NCCC#Cc1cccc(N2CCOCC2)c1)OCc1ccccc1. The zero-order chi connectivity index (χ0) is 18.7. The summed E-state index contributed by atoms with van der Waals surface area (Å²) < 4.78 is 10.6. The molecule has 0 atom stereocenters. The number of morpholine rings is 1. The average molecular weight is 364 g/mol. The molecule has 1 fully saturated rings. The number of rotatable bonds is 5. The maximum absolute atomic E-state index is 11.7. The van der Waals surface area contributed by atoms with Crippen LogP contribution in [0.1, 0.15) is 17.5 Å². The number of nitrogens with one attached hydrogen (secondary N) is 1. The van der Waals surface area contributed by atoms with Gasteiger partial charge in [-0.05, 0) is 23.8 Å². The summed E-state index contributed by atoms with van der Waals surface area (Å²) in [5.41, 5.74) is 3.12. The molecule has 5 nitrogen and oxygen atoms in total. The Morgan fingerprint density at radius 1 is 1.11 bits per heavy atom. The molecule has 3 rings (SSSR count). The van der Waals surface area contributed by atoms with E-state index in [1.807, 2.05) is 42.5 Å². The van der Waals surface area contributed by atoms with Crippen LogP contribution < -0.4 is 10.2 Å². The van der Waals surface area contributed by atoms with Crippen LogP contribution in [0.15, 0.2) is 54.6 Å². The Bertz CT molecular complexity index is 790. The lowest BCUT2D eigenvalue weighted by atomic mass is 10.2. The number of ether oxygens (including phenoxy) is 2. The van der Waals surface area contributed by atoms with Crippen LogP contribution in [0.5, 0.6) is 0 Å². The van der Waals surface area contributed by atoms with Crippen molar-refractivity contribution in [3.8, 4) is 11.8 Å². The van der Waals surface area contributed by atoms with Crippen LogP contribution in [0.4, 0.5) is 10.5 Å². The summed E-state index contributed by atoms with van der Waals surface area (Å²) in [7, 11) is 0. The second-order valence-corrected chi connectivity index (χ2v) is 6.19. The van der Waals surface area contributed by atoms with E-state index >= 15 is 0 Å². The van der Waals surface area contributed by atoms with E-state index in [1.165, 1.54) is 5.69 Å². The van der Waals surface area contributed by atoms with Crippen LogP contribution in [-0.4, -0.2) is 38.9 Å². The van der Waals surface area contributed by atoms with Crippen LogP contribution in [-0.2, 0) is 16.1 Å². The Hall–Kier alpha value is -2.97. The van der Waals surface area contributed by atoms with Crippen molar-refractivity contribution in [1.82, 2.24) is 5.32 Å². The van der Waals surface area contributed by atoms with E-state index in [0.717, 1.165) is 37.4 Å². The molecule has 0 aromatic heterocycles. The van der Waals surface area contributed by atoms with Crippen LogP contribution in [0.3, 0.4) is 0 Å². The van der Waals surface area contributed by atoms with E-state index in [9.17, 15) is 4.79 Å². The van der Waals surface area contributed by atoms with Crippen molar-refractivity contribution in [2.24, 2.45) is 0 Å². The van der Waals surface area contributed by atoms with Gasteiger partial charge in [0.1, 0.15) is 6.61 Å². The number of hydrogen-bond acceptors (Lipinski definition) is 4. The third kappa shape index (κ3) is 6.36. The van der Waals surface area contributed by atoms with Gasteiger partial charge in [0.2, 0.25) is 0 Å². The van der Waals surface area contributed by atoms with Crippen LogP contribution in [0, 0.1) is 11.8 Å². The first-order chi connectivity index (χ1) is 13.3. The number of alkyl carbamates (subject to hydrolysis) is 1. The summed E-state index contributed by atoms with van der Waals surface area (Å²) in [4.78, 5) is 14.0. The highest BCUT2D eigenvalue weighted by molar-refractivity contribution is 5.67. The van der Waals surface area contributed by atoms with Gasteiger partial charge >= 0.3 is 6.09 Å². The Kier molecular flexibility index (Phi) is 7.14. The molecule has 2 aromatic carbocycles. The maximum Gasteiger partial charge on any atom is 0.407 e. The molecule has 140 valence electrons. The monoisotopic (exact) mass is 364 g/mol. The summed E-state index contributed by atoms with van der Waals surface area (Å²) in [5, 5.41) is 2.72. The smallest absolute Gasteiger partial charge is 0.407 e. The molecule has 1 heterocycles. The van der Waals surface area contributed by atoms with Gasteiger partial charge in [0.15, 0.2) is 0 Å². The molecule has 0 aliphatic carbocycles. The fourth-order valence-electron chi connectivity index (χ4n) is 2.77. The van der Waals surface area contributed by atoms with Crippen molar-refractivity contribution in [3.63, 3.8) is 0 Å². The van der Waals surface area contributed by atoms with Crippen molar-refractivity contribution >= 4 is 11.8 Å². The first-order valence-corrected chi connectivity index (χ1v) is 9.17. The van der Waals surface area contributed by atoms with E-state index in [4.69, 9.17) is 9.47 Å². The fourth-order valence-corrected chi connectivity index (χ4v) is 2.77. The molecule has 1 aliphatic rings. The van der Waals surface area contributed by atoms with Crippen molar-refractivity contribution in [2.45, 2.75) is 13.0 Å². The fraction of sp³-hybridized carbons (Fsp3) is 0.318. The normalized spacial score (nSPS) is 13.4. The van der Waals surface area contributed by atoms with Crippen molar-refractivity contribution in [1.29, 1.82) is 0 Å². The Morgan fingerprint density at radius 3 is 2.74 bits per heavy atom. The van der Waals surface area contributed by atoms with Crippen molar-refractivity contribution in [3.05, 3.63) is 65.7 Å². The van der Waals surface area contributed by atoms with Crippen molar-refractivity contribution < 1.29 is 14.3 Å². The number of carbonyl (C=O) groups excluding carboxylic acids is 1. The van der Waals surface area contributed by atoms with Gasteiger partial charge < -0.3 is 19.7 Å². The minimum absolute atomic E-state index is 0.271. The van der Waals surface area contributed by atoms with Crippen LogP contribution in [0.25, 0.3) is 0 Å². The number of hydrogen-bond donors (Lipinski definition) is 1. The van der Waals surface area contributed by atoms with E-state index in [0.29, 0.717) is 13.0 Å². The van der Waals surface area contributed by atoms with Gasteiger partial charge in [0.25, 0.3) is 0 Å². The van der Waals surface area contributed by atoms with E-state index in [1.54, 1.807) is 0 Å². The van der Waals surface area contributed by atoms with E-state index in [2.05, 4.69) is 34.2 Å². The molecule has 1 N–H and O–H groups in total. The van der Waals surface area contributed by atoms with Gasteiger partial charge in [-0.25, -0.2) is 4.79 Å². The zero-order valence-electron chi connectivity index (χ0n) is 15.3. The number of benzene rings is 2. The predicted octanol–water partition coefficient (Wildman–Crippen LogP) is 3.19. The first-order valence-electron chi connectivity index (χ1n) is 9.17. The van der Waals surface area contributed by atoms with Gasteiger partial charge in [-0.2, -0.15) is 0 Å². The molecule has 5 heteroatoms. The van der Waals surface area contributed by atoms with Gasteiger partial charge in [0, 0.05) is 37.3 Å². The summed E-state index contributed by atoms with van der Waals surface area (Å²) >= 11 is 0. The lowest BCUT2D eigenvalue weighted by Gasteiger charge is -2.28. The lowest BCUT2D eigenvalue weighted by Crippen LogP contribution is -2.36. The van der Waals surface area contributed by atoms with Crippen LogP contribution in [0.2, 0.25) is 0 Å².